The maximum absolute atomic E-state index is 5.61. The Morgan fingerprint density at radius 2 is 2.07 bits per heavy atom. The standard InChI is InChI=1S/C12H23N3/c1-5-6-10-9(2)14-11(15-10)12(3,4)7-8-13/h5-8,13H2,1-4H3,(H,14,15). The third kappa shape index (κ3) is 2.81. The highest BCUT2D eigenvalue weighted by molar-refractivity contribution is 5.17. The molecule has 0 bridgehead atoms. The number of nitrogens with zero attached hydrogens (tertiary/aromatic N) is 1. The summed E-state index contributed by atoms with van der Waals surface area (Å²) in [6, 6.07) is 0. The lowest BCUT2D eigenvalue weighted by Crippen LogP contribution is -2.23. The summed E-state index contributed by atoms with van der Waals surface area (Å²) in [5.74, 6) is 1.08. The van der Waals surface area contributed by atoms with E-state index in [1.54, 1.807) is 0 Å². The number of nitrogens with two attached hydrogens (primary N) is 1. The minimum Gasteiger partial charge on any atom is -0.345 e. The van der Waals surface area contributed by atoms with Crippen LogP contribution in [0.2, 0.25) is 0 Å². The Hall–Kier alpha value is -0.830. The summed E-state index contributed by atoms with van der Waals surface area (Å²) in [5, 5.41) is 0. The van der Waals surface area contributed by atoms with Crippen molar-refractivity contribution < 1.29 is 0 Å². The fraction of sp³-hybridized carbons (Fsp3) is 0.750. The quantitative estimate of drug-likeness (QED) is 0.781. The van der Waals surface area contributed by atoms with Crippen LogP contribution in [0.25, 0.3) is 0 Å². The molecule has 0 aromatic carbocycles. The first-order valence-corrected chi connectivity index (χ1v) is 5.77. The Bertz CT molecular complexity index is 313. The molecule has 1 heterocycles. The Morgan fingerprint density at radius 1 is 1.40 bits per heavy atom. The van der Waals surface area contributed by atoms with Crippen LogP contribution >= 0.6 is 0 Å². The number of H-pyrrole nitrogens is 1. The average Bonchev–Trinajstić information content (AvgIpc) is 2.49. The SMILES string of the molecule is CCCc1nc(C(C)(C)CCN)[nH]c1C. The second-order valence-corrected chi connectivity index (χ2v) is 4.83. The van der Waals surface area contributed by atoms with E-state index in [9.17, 15) is 0 Å². The Balaban J connectivity index is 2.90. The van der Waals surface area contributed by atoms with Crippen LogP contribution in [0.4, 0.5) is 0 Å². The molecule has 0 saturated heterocycles. The molecule has 0 amide bonds. The van der Waals surface area contributed by atoms with Gasteiger partial charge >= 0.3 is 0 Å². The van der Waals surface area contributed by atoms with Gasteiger partial charge in [-0.15, -0.1) is 0 Å². The lowest BCUT2D eigenvalue weighted by Gasteiger charge is -2.20. The van der Waals surface area contributed by atoms with Crippen LogP contribution in [0.3, 0.4) is 0 Å². The predicted octanol–water partition coefficient (Wildman–Crippen LogP) is 2.30. The van der Waals surface area contributed by atoms with E-state index in [-0.39, 0.29) is 5.41 Å². The molecule has 3 N–H and O–H groups in total. The molecule has 0 spiro atoms. The van der Waals surface area contributed by atoms with E-state index in [1.807, 2.05) is 0 Å². The van der Waals surface area contributed by atoms with Crippen LogP contribution in [-0.2, 0) is 11.8 Å². The molecule has 0 fully saturated rings. The van der Waals surface area contributed by atoms with Gasteiger partial charge in [-0.3, -0.25) is 0 Å². The molecule has 86 valence electrons. The largest absolute Gasteiger partial charge is 0.345 e. The number of imidazole rings is 1. The lowest BCUT2D eigenvalue weighted by molar-refractivity contribution is 0.460. The lowest BCUT2D eigenvalue weighted by atomic mass is 9.88. The highest BCUT2D eigenvalue weighted by atomic mass is 15.0. The average molecular weight is 209 g/mol. The highest BCUT2D eigenvalue weighted by Crippen LogP contribution is 2.25. The monoisotopic (exact) mass is 209 g/mol. The van der Waals surface area contributed by atoms with E-state index in [0.29, 0.717) is 6.54 Å². The number of hydrogen-bond donors (Lipinski definition) is 2. The number of rotatable bonds is 5. The fourth-order valence-electron chi connectivity index (χ4n) is 1.78. The smallest absolute Gasteiger partial charge is 0.112 e. The summed E-state index contributed by atoms with van der Waals surface area (Å²) in [4.78, 5) is 8.07. The summed E-state index contributed by atoms with van der Waals surface area (Å²) in [6.07, 6.45) is 3.16. The molecular formula is C12H23N3. The van der Waals surface area contributed by atoms with Crippen molar-refractivity contribution in [1.29, 1.82) is 0 Å². The molecule has 3 nitrogen and oxygen atoms in total. The minimum atomic E-state index is 0.0610. The molecule has 0 saturated carbocycles. The van der Waals surface area contributed by atoms with Crippen LogP contribution in [0.5, 0.6) is 0 Å². The normalized spacial score (nSPS) is 12.1. The topological polar surface area (TPSA) is 54.7 Å². The van der Waals surface area contributed by atoms with Gasteiger partial charge in [0.25, 0.3) is 0 Å². The fourth-order valence-corrected chi connectivity index (χ4v) is 1.78. The van der Waals surface area contributed by atoms with Crippen molar-refractivity contribution in [3.63, 3.8) is 0 Å². The molecule has 1 rings (SSSR count). The predicted molar refractivity (Wildman–Crippen MR) is 64.0 cm³/mol. The Morgan fingerprint density at radius 3 is 2.60 bits per heavy atom. The van der Waals surface area contributed by atoms with Gasteiger partial charge < -0.3 is 10.7 Å². The van der Waals surface area contributed by atoms with Gasteiger partial charge in [0.05, 0.1) is 5.69 Å². The van der Waals surface area contributed by atoms with Gasteiger partial charge in [0.1, 0.15) is 5.82 Å². The molecular weight excluding hydrogens is 186 g/mol. The van der Waals surface area contributed by atoms with Crippen LogP contribution in [0.1, 0.15) is 50.8 Å². The molecule has 1 aromatic heterocycles. The molecule has 15 heavy (non-hydrogen) atoms. The molecule has 1 aromatic rings. The Kier molecular flexibility index (Phi) is 3.91. The van der Waals surface area contributed by atoms with Crippen molar-refractivity contribution in [2.75, 3.05) is 6.54 Å². The second-order valence-electron chi connectivity index (χ2n) is 4.83. The third-order valence-corrected chi connectivity index (χ3v) is 2.88. The van der Waals surface area contributed by atoms with Gasteiger partial charge in [0.2, 0.25) is 0 Å². The molecule has 0 radical (unpaired) electrons. The Labute approximate surface area is 92.5 Å². The molecule has 0 aliphatic carbocycles. The molecule has 0 atom stereocenters. The van der Waals surface area contributed by atoms with Crippen molar-refractivity contribution in [3.05, 3.63) is 17.2 Å². The van der Waals surface area contributed by atoms with Crippen molar-refractivity contribution in [2.24, 2.45) is 5.73 Å². The van der Waals surface area contributed by atoms with E-state index < -0.39 is 0 Å². The first-order chi connectivity index (χ1) is 7.01. The molecule has 0 unspecified atom stereocenters. The molecule has 0 aliphatic rings. The third-order valence-electron chi connectivity index (χ3n) is 2.88. The first-order valence-electron chi connectivity index (χ1n) is 5.77. The summed E-state index contributed by atoms with van der Waals surface area (Å²) < 4.78 is 0. The van der Waals surface area contributed by atoms with Crippen LogP contribution in [-0.4, -0.2) is 16.5 Å². The van der Waals surface area contributed by atoms with E-state index in [0.717, 1.165) is 25.1 Å². The van der Waals surface area contributed by atoms with Gasteiger partial charge in [0, 0.05) is 11.1 Å². The minimum absolute atomic E-state index is 0.0610. The number of hydrogen-bond acceptors (Lipinski definition) is 2. The van der Waals surface area contributed by atoms with Crippen molar-refractivity contribution in [3.8, 4) is 0 Å². The first kappa shape index (κ1) is 12.2. The van der Waals surface area contributed by atoms with Crippen molar-refractivity contribution in [2.45, 2.75) is 52.4 Å². The van der Waals surface area contributed by atoms with Gasteiger partial charge in [-0.05, 0) is 26.3 Å². The van der Waals surface area contributed by atoms with E-state index in [2.05, 4.69) is 37.7 Å². The zero-order valence-corrected chi connectivity index (χ0v) is 10.4. The number of aryl methyl sites for hydroxylation is 2. The van der Waals surface area contributed by atoms with Crippen LogP contribution < -0.4 is 5.73 Å². The second kappa shape index (κ2) is 4.79. The van der Waals surface area contributed by atoms with Crippen molar-refractivity contribution in [1.82, 2.24) is 9.97 Å². The molecule has 0 aliphatic heterocycles. The maximum Gasteiger partial charge on any atom is 0.112 e. The summed E-state index contributed by atoms with van der Waals surface area (Å²) in [5.41, 5.74) is 8.09. The molecule has 3 heteroatoms. The van der Waals surface area contributed by atoms with Gasteiger partial charge in [-0.2, -0.15) is 0 Å². The van der Waals surface area contributed by atoms with Gasteiger partial charge in [0.15, 0.2) is 0 Å². The summed E-state index contributed by atoms with van der Waals surface area (Å²) >= 11 is 0. The van der Waals surface area contributed by atoms with E-state index >= 15 is 0 Å². The van der Waals surface area contributed by atoms with Crippen LogP contribution in [0.15, 0.2) is 0 Å². The van der Waals surface area contributed by atoms with Gasteiger partial charge in [-0.1, -0.05) is 27.2 Å². The number of nitrogens with one attached hydrogen (secondary N) is 1. The maximum atomic E-state index is 5.61. The number of aromatic amines is 1. The summed E-state index contributed by atoms with van der Waals surface area (Å²) in [6.45, 7) is 9.36. The zero-order valence-electron chi connectivity index (χ0n) is 10.4. The van der Waals surface area contributed by atoms with E-state index in [1.165, 1.54) is 11.4 Å². The highest BCUT2D eigenvalue weighted by Gasteiger charge is 2.24. The van der Waals surface area contributed by atoms with Gasteiger partial charge in [-0.25, -0.2) is 4.98 Å². The van der Waals surface area contributed by atoms with Crippen molar-refractivity contribution >= 4 is 0 Å². The number of aromatic nitrogens is 2. The zero-order chi connectivity index (χ0) is 11.5. The van der Waals surface area contributed by atoms with Crippen LogP contribution in [0, 0.1) is 6.92 Å². The van der Waals surface area contributed by atoms with E-state index in [4.69, 9.17) is 5.73 Å². The summed E-state index contributed by atoms with van der Waals surface area (Å²) in [7, 11) is 0.